The third kappa shape index (κ3) is 3.33. The Morgan fingerprint density at radius 1 is 1.37 bits per heavy atom. The molecular formula is C12H13BrFNO3S. The first-order chi connectivity index (χ1) is 8.90. The molecule has 0 radical (unpaired) electrons. The first kappa shape index (κ1) is 14.5. The highest BCUT2D eigenvalue weighted by molar-refractivity contribution is 9.10. The van der Waals surface area contributed by atoms with Crippen LogP contribution in [0.1, 0.15) is 19.3 Å². The fourth-order valence-corrected chi connectivity index (χ4v) is 4.20. The lowest BCUT2D eigenvalue weighted by atomic mass is 10.2. The Morgan fingerprint density at radius 2 is 2.11 bits per heavy atom. The van der Waals surface area contributed by atoms with E-state index in [1.807, 2.05) is 0 Å². The average Bonchev–Trinajstić information content (AvgIpc) is 2.33. The summed E-state index contributed by atoms with van der Waals surface area (Å²) < 4.78 is 37.2. The zero-order valence-corrected chi connectivity index (χ0v) is 12.4. The van der Waals surface area contributed by atoms with Crippen LogP contribution in [0.3, 0.4) is 0 Å². The van der Waals surface area contributed by atoms with Crippen molar-refractivity contribution < 1.29 is 17.6 Å². The highest BCUT2D eigenvalue weighted by Gasteiger charge is 2.34. The SMILES string of the molecule is O=C(Nc1cc(F)ccc1Br)C1CCCCS1(=O)=O. The molecule has 1 aromatic carbocycles. The monoisotopic (exact) mass is 349 g/mol. The third-order valence-electron chi connectivity index (χ3n) is 3.06. The maximum atomic E-state index is 13.1. The minimum atomic E-state index is -3.39. The highest BCUT2D eigenvalue weighted by Crippen LogP contribution is 2.25. The minimum absolute atomic E-state index is 0.0371. The fraction of sp³-hybridized carbons (Fsp3) is 0.417. The number of nitrogens with one attached hydrogen (secondary N) is 1. The van der Waals surface area contributed by atoms with Gasteiger partial charge in [0.05, 0.1) is 11.4 Å². The van der Waals surface area contributed by atoms with E-state index in [2.05, 4.69) is 21.2 Å². The molecule has 2 rings (SSSR count). The van der Waals surface area contributed by atoms with E-state index in [0.717, 1.165) is 6.07 Å². The van der Waals surface area contributed by atoms with Gasteiger partial charge in [-0.2, -0.15) is 0 Å². The summed E-state index contributed by atoms with van der Waals surface area (Å²) in [5.74, 6) is -1.05. The number of sulfone groups is 1. The minimum Gasteiger partial charge on any atom is -0.324 e. The van der Waals surface area contributed by atoms with Gasteiger partial charge >= 0.3 is 0 Å². The van der Waals surface area contributed by atoms with Gasteiger partial charge in [0.2, 0.25) is 5.91 Å². The van der Waals surface area contributed by atoms with Crippen LogP contribution in [0, 0.1) is 5.82 Å². The molecular weight excluding hydrogens is 337 g/mol. The number of benzene rings is 1. The van der Waals surface area contributed by atoms with E-state index in [1.165, 1.54) is 12.1 Å². The van der Waals surface area contributed by atoms with Gasteiger partial charge in [-0.1, -0.05) is 6.42 Å². The molecule has 0 bridgehead atoms. The largest absolute Gasteiger partial charge is 0.324 e. The van der Waals surface area contributed by atoms with Gasteiger partial charge in [-0.25, -0.2) is 12.8 Å². The van der Waals surface area contributed by atoms with Gasteiger partial charge in [0, 0.05) is 4.47 Å². The van der Waals surface area contributed by atoms with Crippen LogP contribution in [-0.2, 0) is 14.6 Å². The summed E-state index contributed by atoms with van der Waals surface area (Å²) in [6, 6.07) is 3.86. The summed E-state index contributed by atoms with van der Waals surface area (Å²) in [4.78, 5) is 12.0. The molecule has 1 N–H and O–H groups in total. The Morgan fingerprint density at radius 3 is 2.79 bits per heavy atom. The van der Waals surface area contributed by atoms with Crippen molar-refractivity contribution in [3.05, 3.63) is 28.5 Å². The quantitative estimate of drug-likeness (QED) is 0.891. The van der Waals surface area contributed by atoms with Crippen molar-refractivity contribution in [3.63, 3.8) is 0 Å². The van der Waals surface area contributed by atoms with Crippen molar-refractivity contribution in [2.24, 2.45) is 0 Å². The van der Waals surface area contributed by atoms with Gasteiger partial charge in [-0.15, -0.1) is 0 Å². The summed E-state index contributed by atoms with van der Waals surface area (Å²) in [7, 11) is -3.39. The summed E-state index contributed by atoms with van der Waals surface area (Å²) in [5, 5.41) is 1.44. The van der Waals surface area contributed by atoms with Crippen molar-refractivity contribution in [3.8, 4) is 0 Å². The summed E-state index contributed by atoms with van der Waals surface area (Å²) >= 11 is 3.18. The molecule has 4 nitrogen and oxygen atoms in total. The van der Waals surface area contributed by atoms with E-state index < -0.39 is 26.8 Å². The molecule has 1 aliphatic heterocycles. The predicted molar refractivity (Wildman–Crippen MR) is 74.2 cm³/mol. The molecule has 104 valence electrons. The van der Waals surface area contributed by atoms with Crippen LogP contribution >= 0.6 is 15.9 Å². The van der Waals surface area contributed by atoms with Crippen LogP contribution < -0.4 is 5.32 Å². The van der Waals surface area contributed by atoms with Gasteiger partial charge in [-0.05, 0) is 47.0 Å². The lowest BCUT2D eigenvalue weighted by Crippen LogP contribution is -2.39. The maximum absolute atomic E-state index is 13.1. The van der Waals surface area contributed by atoms with Gasteiger partial charge in [-0.3, -0.25) is 4.79 Å². The molecule has 1 fully saturated rings. The first-order valence-electron chi connectivity index (χ1n) is 5.87. The number of carbonyl (C=O) groups is 1. The van der Waals surface area contributed by atoms with Gasteiger partial charge in [0.15, 0.2) is 9.84 Å². The fourth-order valence-electron chi connectivity index (χ4n) is 2.06. The average molecular weight is 350 g/mol. The number of rotatable bonds is 2. The summed E-state index contributed by atoms with van der Waals surface area (Å²) in [6.45, 7) is 0. The molecule has 1 aromatic rings. The lowest BCUT2D eigenvalue weighted by Gasteiger charge is -2.21. The molecule has 1 unspecified atom stereocenters. The van der Waals surface area contributed by atoms with Crippen molar-refractivity contribution in [2.45, 2.75) is 24.5 Å². The van der Waals surface area contributed by atoms with Crippen LogP contribution in [-0.4, -0.2) is 25.3 Å². The van der Waals surface area contributed by atoms with Crippen molar-refractivity contribution in [1.82, 2.24) is 0 Å². The van der Waals surface area contributed by atoms with E-state index in [1.54, 1.807) is 0 Å². The number of anilines is 1. The van der Waals surface area contributed by atoms with Gasteiger partial charge in [0.1, 0.15) is 11.1 Å². The summed E-state index contributed by atoms with van der Waals surface area (Å²) in [6.07, 6.45) is 1.62. The van der Waals surface area contributed by atoms with Crippen molar-refractivity contribution in [2.75, 3.05) is 11.1 Å². The number of hydrogen-bond acceptors (Lipinski definition) is 3. The molecule has 0 spiro atoms. The molecule has 1 heterocycles. The van der Waals surface area contributed by atoms with Crippen molar-refractivity contribution in [1.29, 1.82) is 0 Å². The third-order valence-corrected chi connectivity index (χ3v) is 5.92. The lowest BCUT2D eigenvalue weighted by molar-refractivity contribution is -0.116. The predicted octanol–water partition coefficient (Wildman–Crippen LogP) is 2.49. The maximum Gasteiger partial charge on any atom is 0.242 e. The molecule has 1 saturated heterocycles. The van der Waals surface area contributed by atoms with Crippen LogP contribution in [0.4, 0.5) is 10.1 Å². The van der Waals surface area contributed by atoms with E-state index >= 15 is 0 Å². The molecule has 1 aliphatic rings. The Kier molecular flexibility index (Phi) is 4.25. The Bertz CT molecular complexity index is 603. The van der Waals surface area contributed by atoms with Gasteiger partial charge < -0.3 is 5.32 Å². The number of amides is 1. The van der Waals surface area contributed by atoms with Crippen LogP contribution in [0.25, 0.3) is 0 Å². The van der Waals surface area contributed by atoms with Crippen LogP contribution in [0.5, 0.6) is 0 Å². The molecule has 19 heavy (non-hydrogen) atoms. The zero-order chi connectivity index (χ0) is 14.0. The first-order valence-corrected chi connectivity index (χ1v) is 8.38. The second-order valence-electron chi connectivity index (χ2n) is 4.46. The molecule has 1 amide bonds. The highest BCUT2D eigenvalue weighted by atomic mass is 79.9. The number of halogens is 2. The summed E-state index contributed by atoms with van der Waals surface area (Å²) in [5.41, 5.74) is 0.241. The zero-order valence-electron chi connectivity index (χ0n) is 10.0. The van der Waals surface area contributed by atoms with E-state index in [9.17, 15) is 17.6 Å². The Hall–Kier alpha value is -0.950. The normalized spacial score (nSPS) is 21.9. The second kappa shape index (κ2) is 5.58. The topological polar surface area (TPSA) is 63.2 Å². The second-order valence-corrected chi connectivity index (χ2v) is 7.62. The molecule has 7 heteroatoms. The van der Waals surface area contributed by atoms with Gasteiger partial charge in [0.25, 0.3) is 0 Å². The standard InChI is InChI=1S/C12H13BrFNO3S/c13-9-5-4-8(14)7-10(9)15-12(16)11-3-1-2-6-19(11,17)18/h4-5,7,11H,1-3,6H2,(H,15,16). The van der Waals surface area contributed by atoms with Crippen molar-refractivity contribution >= 4 is 37.4 Å². The van der Waals surface area contributed by atoms with E-state index in [0.29, 0.717) is 23.7 Å². The molecule has 0 aliphatic carbocycles. The van der Waals surface area contributed by atoms with E-state index in [-0.39, 0.29) is 11.4 Å². The molecule has 1 atom stereocenters. The molecule has 0 saturated carbocycles. The van der Waals surface area contributed by atoms with Crippen LogP contribution in [0.2, 0.25) is 0 Å². The number of hydrogen-bond donors (Lipinski definition) is 1. The Balaban J connectivity index is 2.19. The van der Waals surface area contributed by atoms with Crippen LogP contribution in [0.15, 0.2) is 22.7 Å². The number of carbonyl (C=O) groups excluding carboxylic acids is 1. The smallest absolute Gasteiger partial charge is 0.242 e. The Labute approximate surface area is 119 Å². The molecule has 0 aromatic heterocycles. The van der Waals surface area contributed by atoms with E-state index in [4.69, 9.17) is 0 Å².